The minimum Gasteiger partial charge on any atom is -0.385 e. The Bertz CT molecular complexity index is 417. The summed E-state index contributed by atoms with van der Waals surface area (Å²) in [6, 6.07) is 3.04. The summed E-state index contributed by atoms with van der Waals surface area (Å²) in [4.78, 5) is 0. The number of aliphatic hydroxyl groups is 1. The number of aliphatic hydroxyl groups excluding tert-OH is 1. The summed E-state index contributed by atoms with van der Waals surface area (Å²) in [7, 11) is 1.46. The Morgan fingerprint density at radius 2 is 2.00 bits per heavy atom. The Morgan fingerprint density at radius 1 is 1.33 bits per heavy atom. The van der Waals surface area contributed by atoms with Gasteiger partial charge in [-0.2, -0.15) is 0 Å². The van der Waals surface area contributed by atoms with Gasteiger partial charge in [0.1, 0.15) is 23.3 Å². The van der Waals surface area contributed by atoms with Gasteiger partial charge in [-0.1, -0.05) is 0 Å². The van der Waals surface area contributed by atoms with Crippen LogP contribution in [0.2, 0.25) is 0 Å². The van der Waals surface area contributed by atoms with Crippen LogP contribution in [-0.4, -0.2) is 31.0 Å². The van der Waals surface area contributed by atoms with Crippen LogP contribution >= 0.6 is 0 Å². The predicted octanol–water partition coefficient (Wildman–Crippen LogP) is 2.19. The number of hydrogen-bond donors (Lipinski definition) is 1. The van der Waals surface area contributed by atoms with Crippen LogP contribution in [0.1, 0.15) is 24.5 Å². The summed E-state index contributed by atoms with van der Waals surface area (Å²) in [5.41, 5.74) is -0.980. The zero-order valence-corrected chi connectivity index (χ0v) is 10.2. The first-order valence-electron chi connectivity index (χ1n) is 5.85. The van der Waals surface area contributed by atoms with Crippen molar-refractivity contribution in [2.75, 3.05) is 20.3 Å². The van der Waals surface area contributed by atoms with Crippen LogP contribution in [0.4, 0.5) is 8.78 Å². The molecule has 0 aromatic heterocycles. The summed E-state index contributed by atoms with van der Waals surface area (Å²) < 4.78 is 37.4. The molecule has 1 aliphatic heterocycles. The van der Waals surface area contributed by atoms with Gasteiger partial charge >= 0.3 is 0 Å². The number of ether oxygens (including phenoxy) is 2. The molecule has 1 heterocycles. The van der Waals surface area contributed by atoms with Crippen molar-refractivity contribution in [1.29, 1.82) is 0 Å². The van der Waals surface area contributed by atoms with Crippen LogP contribution in [0, 0.1) is 11.6 Å². The topological polar surface area (TPSA) is 38.7 Å². The molecule has 3 nitrogen and oxygen atoms in total. The SMILES string of the molecule is COC1(C(O)c2cc(F)ccc2F)CCOCC1. The molecule has 5 heteroatoms. The maximum Gasteiger partial charge on any atom is 0.129 e. The molecule has 18 heavy (non-hydrogen) atoms. The van der Waals surface area contributed by atoms with Crippen molar-refractivity contribution in [3.63, 3.8) is 0 Å². The van der Waals surface area contributed by atoms with Gasteiger partial charge in [0.15, 0.2) is 0 Å². The van der Waals surface area contributed by atoms with Crippen LogP contribution in [0.15, 0.2) is 18.2 Å². The van der Waals surface area contributed by atoms with Crippen molar-refractivity contribution < 1.29 is 23.4 Å². The maximum atomic E-state index is 13.7. The highest BCUT2D eigenvalue weighted by Gasteiger charge is 2.41. The number of benzene rings is 1. The van der Waals surface area contributed by atoms with E-state index in [1.807, 2.05) is 0 Å². The van der Waals surface area contributed by atoms with E-state index in [-0.39, 0.29) is 5.56 Å². The van der Waals surface area contributed by atoms with E-state index in [1.165, 1.54) is 7.11 Å². The Kier molecular flexibility index (Phi) is 3.94. The number of hydrogen-bond acceptors (Lipinski definition) is 3. The molecule has 1 unspecified atom stereocenters. The fraction of sp³-hybridized carbons (Fsp3) is 0.538. The highest BCUT2D eigenvalue weighted by molar-refractivity contribution is 5.24. The standard InChI is InChI=1S/C13H16F2O3/c1-17-13(4-6-18-7-5-13)12(16)10-8-9(14)2-3-11(10)15/h2-3,8,12,16H,4-7H2,1H3. The molecule has 0 radical (unpaired) electrons. The largest absolute Gasteiger partial charge is 0.385 e. The Hall–Kier alpha value is -1.04. The molecule has 0 spiro atoms. The first-order chi connectivity index (χ1) is 8.59. The summed E-state index contributed by atoms with van der Waals surface area (Å²) in [6.07, 6.45) is -0.316. The van der Waals surface area contributed by atoms with E-state index in [1.54, 1.807) is 0 Å². The van der Waals surface area contributed by atoms with E-state index in [0.717, 1.165) is 18.2 Å². The average Bonchev–Trinajstić information content (AvgIpc) is 2.41. The third kappa shape index (κ3) is 2.39. The van der Waals surface area contributed by atoms with Crippen LogP contribution in [0.3, 0.4) is 0 Å². The average molecular weight is 258 g/mol. The lowest BCUT2D eigenvalue weighted by Gasteiger charge is -2.39. The molecule has 1 aromatic rings. The monoisotopic (exact) mass is 258 g/mol. The summed E-state index contributed by atoms with van der Waals surface area (Å²) in [6.45, 7) is 0.865. The second kappa shape index (κ2) is 5.30. The van der Waals surface area contributed by atoms with Gasteiger partial charge in [-0.25, -0.2) is 8.78 Å². The zero-order valence-electron chi connectivity index (χ0n) is 10.2. The summed E-state index contributed by atoms with van der Waals surface area (Å²) in [5.74, 6) is -1.21. The summed E-state index contributed by atoms with van der Waals surface area (Å²) in [5, 5.41) is 10.3. The predicted molar refractivity (Wildman–Crippen MR) is 61.1 cm³/mol. The lowest BCUT2D eigenvalue weighted by atomic mass is 9.84. The molecule has 0 bridgehead atoms. The molecule has 0 aliphatic carbocycles. The van der Waals surface area contributed by atoms with Crippen LogP contribution < -0.4 is 0 Å². The van der Waals surface area contributed by atoms with Gasteiger partial charge in [-0.3, -0.25) is 0 Å². The number of methoxy groups -OCH3 is 1. The van der Waals surface area contributed by atoms with Gasteiger partial charge in [-0.15, -0.1) is 0 Å². The van der Waals surface area contributed by atoms with E-state index in [2.05, 4.69) is 0 Å². The number of rotatable bonds is 3. The van der Waals surface area contributed by atoms with Gasteiger partial charge in [0.25, 0.3) is 0 Å². The van der Waals surface area contributed by atoms with Gasteiger partial charge in [0, 0.05) is 38.7 Å². The smallest absolute Gasteiger partial charge is 0.129 e. The van der Waals surface area contributed by atoms with Gasteiger partial charge in [-0.05, 0) is 18.2 Å². The Morgan fingerprint density at radius 3 is 2.61 bits per heavy atom. The lowest BCUT2D eigenvalue weighted by Crippen LogP contribution is -2.44. The normalized spacial score (nSPS) is 20.7. The van der Waals surface area contributed by atoms with E-state index in [4.69, 9.17) is 9.47 Å². The van der Waals surface area contributed by atoms with E-state index >= 15 is 0 Å². The Labute approximate surface area is 104 Å². The van der Waals surface area contributed by atoms with Crippen LogP contribution in [0.5, 0.6) is 0 Å². The fourth-order valence-corrected chi connectivity index (χ4v) is 2.31. The van der Waals surface area contributed by atoms with Crippen LogP contribution in [0.25, 0.3) is 0 Å². The third-order valence-electron chi connectivity index (χ3n) is 3.50. The molecule has 0 saturated carbocycles. The third-order valence-corrected chi connectivity index (χ3v) is 3.50. The molecule has 1 aromatic carbocycles. The zero-order chi connectivity index (χ0) is 13.2. The number of halogens is 2. The van der Waals surface area contributed by atoms with Crippen molar-refractivity contribution in [3.05, 3.63) is 35.4 Å². The minimum absolute atomic E-state index is 0.0706. The second-order valence-electron chi connectivity index (χ2n) is 4.45. The molecular weight excluding hydrogens is 242 g/mol. The Balaban J connectivity index is 2.33. The molecule has 1 atom stereocenters. The first kappa shape index (κ1) is 13.4. The molecule has 100 valence electrons. The fourth-order valence-electron chi connectivity index (χ4n) is 2.31. The molecule has 1 fully saturated rings. The van der Waals surface area contributed by atoms with Gasteiger partial charge in [0.2, 0.25) is 0 Å². The molecular formula is C13H16F2O3. The molecule has 0 amide bonds. The van der Waals surface area contributed by atoms with Gasteiger partial charge in [0.05, 0.1) is 0 Å². The highest BCUT2D eigenvalue weighted by Crippen LogP contribution is 2.38. The second-order valence-corrected chi connectivity index (χ2v) is 4.45. The van der Waals surface area contributed by atoms with Gasteiger partial charge < -0.3 is 14.6 Å². The van der Waals surface area contributed by atoms with Crippen molar-refractivity contribution in [1.82, 2.24) is 0 Å². The van der Waals surface area contributed by atoms with Crippen molar-refractivity contribution in [2.24, 2.45) is 0 Å². The van der Waals surface area contributed by atoms with E-state index in [9.17, 15) is 13.9 Å². The molecule has 1 N–H and O–H groups in total. The van der Waals surface area contributed by atoms with Crippen LogP contribution in [-0.2, 0) is 9.47 Å². The van der Waals surface area contributed by atoms with E-state index in [0.29, 0.717) is 26.1 Å². The minimum atomic E-state index is -1.21. The lowest BCUT2D eigenvalue weighted by molar-refractivity contribution is -0.155. The van der Waals surface area contributed by atoms with Crippen molar-refractivity contribution in [2.45, 2.75) is 24.5 Å². The van der Waals surface area contributed by atoms with Crippen molar-refractivity contribution >= 4 is 0 Å². The summed E-state index contributed by atoms with van der Waals surface area (Å²) >= 11 is 0. The molecule has 1 aliphatic rings. The maximum absolute atomic E-state index is 13.7. The van der Waals surface area contributed by atoms with E-state index < -0.39 is 23.3 Å². The van der Waals surface area contributed by atoms with Crippen molar-refractivity contribution in [3.8, 4) is 0 Å². The molecule has 1 saturated heterocycles. The quantitative estimate of drug-likeness (QED) is 0.903. The highest BCUT2D eigenvalue weighted by atomic mass is 19.1. The first-order valence-corrected chi connectivity index (χ1v) is 5.85. The molecule has 2 rings (SSSR count).